The molecule has 0 saturated carbocycles. The molecule has 0 aliphatic carbocycles. The second kappa shape index (κ2) is 8.70. The number of nitrogens with zero attached hydrogens (tertiary/aromatic N) is 2. The molecule has 1 aromatic rings. The zero-order chi connectivity index (χ0) is 21.3. The van der Waals surface area contributed by atoms with Crippen LogP contribution in [-0.2, 0) is 14.3 Å². The zero-order valence-electron chi connectivity index (χ0n) is 18.6. The fraction of sp³-hybridized carbons (Fsp3) is 0.727. The van der Waals surface area contributed by atoms with Crippen LogP contribution < -0.4 is 4.90 Å². The molecule has 0 N–H and O–H groups in total. The minimum Gasteiger partial charge on any atom is -0.461 e. The maximum atomic E-state index is 13.0. The van der Waals surface area contributed by atoms with Crippen molar-refractivity contribution in [3.63, 3.8) is 0 Å². The minimum absolute atomic E-state index is 0.209. The van der Waals surface area contributed by atoms with Crippen LogP contribution in [0.5, 0.6) is 0 Å². The lowest BCUT2D eigenvalue weighted by Gasteiger charge is -2.40. The molecule has 1 atom stereocenters. The number of anilines is 1. The van der Waals surface area contributed by atoms with Gasteiger partial charge in [0, 0.05) is 24.8 Å². The maximum absolute atomic E-state index is 13.0. The molecule has 0 aromatic carbocycles. The van der Waals surface area contributed by atoms with E-state index in [0.717, 1.165) is 47.3 Å². The van der Waals surface area contributed by atoms with Gasteiger partial charge in [0.05, 0.1) is 27.6 Å². The highest BCUT2D eigenvalue weighted by atomic mass is 79.9. The van der Waals surface area contributed by atoms with Crippen LogP contribution in [0.3, 0.4) is 0 Å². The van der Waals surface area contributed by atoms with Gasteiger partial charge in [-0.05, 0) is 75.7 Å². The number of aryl methyl sites for hydroxylation is 1. The van der Waals surface area contributed by atoms with Crippen LogP contribution in [0.1, 0.15) is 78.7 Å². The van der Waals surface area contributed by atoms with Crippen molar-refractivity contribution in [2.45, 2.75) is 86.0 Å². The summed E-state index contributed by atoms with van der Waals surface area (Å²) in [6.07, 6.45) is 2.94. The number of ether oxygens (including phenoxy) is 2. The van der Waals surface area contributed by atoms with Gasteiger partial charge in [-0.25, -0.2) is 4.79 Å². The van der Waals surface area contributed by atoms with Gasteiger partial charge >= 0.3 is 5.97 Å². The Bertz CT molecular complexity index is 700. The largest absolute Gasteiger partial charge is 0.461 e. The molecule has 2 heterocycles. The molecule has 1 aliphatic heterocycles. The van der Waals surface area contributed by atoms with Crippen LogP contribution in [-0.4, -0.2) is 35.7 Å². The Morgan fingerprint density at radius 1 is 1.25 bits per heavy atom. The van der Waals surface area contributed by atoms with Crippen LogP contribution in [0, 0.1) is 12.3 Å². The summed E-state index contributed by atoms with van der Waals surface area (Å²) in [4.78, 5) is 19.8. The Kier molecular flexibility index (Phi) is 7.19. The van der Waals surface area contributed by atoms with Crippen molar-refractivity contribution in [2.75, 3.05) is 18.0 Å². The summed E-state index contributed by atoms with van der Waals surface area (Å²) in [6.45, 7) is 18.0. The number of carbonyl (C=O) groups excluding carboxylic acids is 1. The van der Waals surface area contributed by atoms with E-state index >= 15 is 0 Å². The Labute approximate surface area is 178 Å². The molecule has 1 aromatic heterocycles. The van der Waals surface area contributed by atoms with E-state index in [1.807, 2.05) is 41.5 Å². The molecule has 5 nitrogen and oxygen atoms in total. The van der Waals surface area contributed by atoms with Gasteiger partial charge < -0.3 is 14.4 Å². The zero-order valence-corrected chi connectivity index (χ0v) is 20.1. The molecule has 0 bridgehead atoms. The highest BCUT2D eigenvalue weighted by Crippen LogP contribution is 2.41. The standard InChI is InChI=1S/C22H35BrN2O3/c1-14(2)27-20(26)19(28-21(4,5)6)16-13-24-15(3)17(23)18(16)25-11-9-22(7,8)10-12-25/h13-14,19H,9-12H2,1-8H3/t19-/m0/s1. The molecule has 158 valence electrons. The van der Waals surface area contributed by atoms with Gasteiger partial charge in [0.15, 0.2) is 6.10 Å². The Morgan fingerprint density at radius 3 is 2.32 bits per heavy atom. The first-order chi connectivity index (χ1) is 12.8. The van der Waals surface area contributed by atoms with Crippen molar-refractivity contribution < 1.29 is 14.3 Å². The van der Waals surface area contributed by atoms with E-state index < -0.39 is 11.7 Å². The molecular formula is C22H35BrN2O3. The van der Waals surface area contributed by atoms with Crippen molar-refractivity contribution in [2.24, 2.45) is 5.41 Å². The third-order valence-corrected chi connectivity index (χ3v) is 5.90. The van der Waals surface area contributed by atoms with Crippen LogP contribution in [0.25, 0.3) is 0 Å². The number of pyridine rings is 1. The summed E-state index contributed by atoms with van der Waals surface area (Å²) in [5.41, 5.74) is 2.49. The molecule has 28 heavy (non-hydrogen) atoms. The van der Waals surface area contributed by atoms with E-state index in [1.165, 1.54) is 0 Å². The highest BCUT2D eigenvalue weighted by molar-refractivity contribution is 9.10. The fourth-order valence-corrected chi connectivity index (χ4v) is 3.90. The molecule has 1 aliphatic rings. The third kappa shape index (κ3) is 5.93. The van der Waals surface area contributed by atoms with E-state index in [2.05, 4.69) is 39.7 Å². The van der Waals surface area contributed by atoms with Gasteiger partial charge in [0.25, 0.3) is 0 Å². The molecule has 1 saturated heterocycles. The van der Waals surface area contributed by atoms with Crippen LogP contribution in [0.4, 0.5) is 5.69 Å². The van der Waals surface area contributed by atoms with E-state index in [4.69, 9.17) is 9.47 Å². The molecule has 0 spiro atoms. The number of aromatic nitrogens is 1. The average molecular weight is 455 g/mol. The molecule has 0 radical (unpaired) electrons. The second-order valence-corrected chi connectivity index (χ2v) is 10.5. The normalized spacial score (nSPS) is 18.3. The van der Waals surface area contributed by atoms with Crippen LogP contribution in [0.15, 0.2) is 10.7 Å². The topological polar surface area (TPSA) is 51.7 Å². The molecule has 6 heteroatoms. The predicted octanol–water partition coefficient (Wildman–Crippen LogP) is 5.59. The fourth-order valence-electron chi connectivity index (χ4n) is 3.32. The minimum atomic E-state index is -0.822. The number of halogens is 1. The molecule has 1 fully saturated rings. The van der Waals surface area contributed by atoms with Crippen molar-refractivity contribution in [3.05, 3.63) is 21.9 Å². The first-order valence-electron chi connectivity index (χ1n) is 10.1. The number of rotatable bonds is 5. The third-order valence-electron chi connectivity index (χ3n) is 4.95. The summed E-state index contributed by atoms with van der Waals surface area (Å²) in [5, 5.41) is 0. The monoisotopic (exact) mass is 454 g/mol. The average Bonchev–Trinajstić information content (AvgIpc) is 2.54. The van der Waals surface area contributed by atoms with Gasteiger partial charge in [-0.15, -0.1) is 0 Å². The first-order valence-corrected chi connectivity index (χ1v) is 10.9. The summed E-state index contributed by atoms with van der Waals surface area (Å²) in [6, 6.07) is 0. The lowest BCUT2D eigenvalue weighted by molar-refractivity contribution is -0.171. The summed E-state index contributed by atoms with van der Waals surface area (Å²) in [7, 11) is 0. The number of hydrogen-bond acceptors (Lipinski definition) is 5. The van der Waals surface area contributed by atoms with E-state index in [9.17, 15) is 4.79 Å². The molecular weight excluding hydrogens is 420 g/mol. The Morgan fingerprint density at radius 2 is 1.82 bits per heavy atom. The van der Waals surface area contributed by atoms with Gasteiger partial charge in [0.2, 0.25) is 0 Å². The molecule has 0 amide bonds. The quantitative estimate of drug-likeness (QED) is 0.542. The van der Waals surface area contributed by atoms with Crippen molar-refractivity contribution >= 4 is 27.6 Å². The van der Waals surface area contributed by atoms with Crippen molar-refractivity contribution in [1.29, 1.82) is 0 Å². The predicted molar refractivity (Wildman–Crippen MR) is 117 cm³/mol. The van der Waals surface area contributed by atoms with Crippen LogP contribution in [0.2, 0.25) is 0 Å². The highest BCUT2D eigenvalue weighted by Gasteiger charge is 2.35. The SMILES string of the molecule is Cc1ncc([C@H](OC(C)(C)C)C(=O)OC(C)C)c(N2CCC(C)(C)CC2)c1Br. The smallest absolute Gasteiger partial charge is 0.340 e. The summed E-state index contributed by atoms with van der Waals surface area (Å²) >= 11 is 3.73. The van der Waals surface area contributed by atoms with E-state index in [-0.39, 0.29) is 12.1 Å². The first kappa shape index (κ1) is 23.1. The number of hydrogen-bond donors (Lipinski definition) is 0. The second-order valence-electron chi connectivity index (χ2n) is 9.71. The van der Waals surface area contributed by atoms with Gasteiger partial charge in [-0.2, -0.15) is 0 Å². The molecule has 0 unspecified atom stereocenters. The Balaban J connectivity index is 2.51. The van der Waals surface area contributed by atoms with Gasteiger partial charge in [0.1, 0.15) is 0 Å². The summed E-state index contributed by atoms with van der Waals surface area (Å²) < 4.78 is 12.6. The van der Waals surface area contributed by atoms with E-state index in [0.29, 0.717) is 5.41 Å². The van der Waals surface area contributed by atoms with E-state index in [1.54, 1.807) is 6.20 Å². The lowest BCUT2D eigenvalue weighted by Crippen LogP contribution is -2.39. The van der Waals surface area contributed by atoms with Crippen molar-refractivity contribution in [3.8, 4) is 0 Å². The lowest BCUT2D eigenvalue weighted by atomic mass is 9.82. The maximum Gasteiger partial charge on any atom is 0.340 e. The van der Waals surface area contributed by atoms with Crippen LogP contribution >= 0.6 is 15.9 Å². The van der Waals surface area contributed by atoms with Gasteiger partial charge in [-0.1, -0.05) is 13.8 Å². The van der Waals surface area contributed by atoms with Gasteiger partial charge in [-0.3, -0.25) is 4.98 Å². The number of piperidine rings is 1. The Hall–Kier alpha value is -1.14. The molecule has 2 rings (SSSR count). The summed E-state index contributed by atoms with van der Waals surface area (Å²) in [5.74, 6) is -0.374. The number of carbonyl (C=O) groups is 1. The van der Waals surface area contributed by atoms with Crippen molar-refractivity contribution in [1.82, 2.24) is 4.98 Å². The number of esters is 1.